The van der Waals surface area contributed by atoms with Crippen LogP contribution in [0.2, 0.25) is 0 Å². The maximum atomic E-state index is 12.4. The van der Waals surface area contributed by atoms with Crippen LogP contribution in [0.3, 0.4) is 0 Å². The average molecular weight is 459 g/mol. The van der Waals surface area contributed by atoms with Crippen molar-refractivity contribution in [1.82, 2.24) is 5.32 Å². The molecule has 2 aliphatic rings. The number of alkyl halides is 3. The Kier molecular flexibility index (Phi) is 7.99. The van der Waals surface area contributed by atoms with Gasteiger partial charge in [0.05, 0.1) is 30.8 Å². The van der Waals surface area contributed by atoms with E-state index in [2.05, 4.69) is 18.0 Å². The van der Waals surface area contributed by atoms with Crippen molar-refractivity contribution in [2.24, 2.45) is 5.92 Å². The van der Waals surface area contributed by atoms with Gasteiger partial charge in [0, 0.05) is 5.92 Å². The van der Waals surface area contributed by atoms with E-state index in [1.165, 1.54) is 0 Å². The van der Waals surface area contributed by atoms with Gasteiger partial charge < -0.3 is 19.5 Å². The van der Waals surface area contributed by atoms with Gasteiger partial charge in [-0.15, -0.1) is 18.3 Å². The number of hydrogen-bond acceptors (Lipinski definition) is 5. The fourth-order valence-electron chi connectivity index (χ4n) is 3.48. The first-order valence-corrected chi connectivity index (χ1v) is 11.1. The summed E-state index contributed by atoms with van der Waals surface area (Å²) in [6, 6.07) is 0. The normalized spacial score (nSPS) is 30.7. The summed E-state index contributed by atoms with van der Waals surface area (Å²) in [6.07, 6.45) is 6.67. The minimum atomic E-state index is -2.06. The van der Waals surface area contributed by atoms with Gasteiger partial charge in [0.15, 0.2) is 5.79 Å². The number of carbonyl (C=O) groups excluding carboxylic acids is 1. The van der Waals surface area contributed by atoms with Crippen LogP contribution < -0.4 is 5.32 Å². The highest BCUT2D eigenvalue weighted by atomic mass is 35.6. The molecule has 0 aromatic carbocycles. The lowest BCUT2D eigenvalue weighted by molar-refractivity contribution is -0.148. The van der Waals surface area contributed by atoms with Crippen LogP contribution in [0.15, 0.2) is 24.3 Å². The molecule has 27 heavy (non-hydrogen) atoms. The SMILES string of the molecule is C=C[C@]1(NC(=O)C(Cl)(Cl)Cl)CC=C(COCSC)C[C@@H]1[C@@H]1COC(C)(C)O1. The predicted molar refractivity (Wildman–Crippen MR) is 111 cm³/mol. The van der Waals surface area contributed by atoms with Crippen molar-refractivity contribution in [3.8, 4) is 0 Å². The molecule has 3 atom stereocenters. The summed E-state index contributed by atoms with van der Waals surface area (Å²) in [6.45, 7) is 8.62. The molecule has 2 rings (SSSR count). The minimum absolute atomic E-state index is 0.133. The molecule has 1 saturated heterocycles. The maximum Gasteiger partial charge on any atom is 0.272 e. The number of halogens is 3. The largest absolute Gasteiger partial charge is 0.367 e. The van der Waals surface area contributed by atoms with Crippen LogP contribution >= 0.6 is 46.6 Å². The van der Waals surface area contributed by atoms with Gasteiger partial charge in [0.1, 0.15) is 0 Å². The Morgan fingerprint density at radius 2 is 2.22 bits per heavy atom. The number of carbonyl (C=O) groups is 1. The van der Waals surface area contributed by atoms with Crippen molar-refractivity contribution in [2.75, 3.05) is 25.4 Å². The molecule has 0 bridgehead atoms. The monoisotopic (exact) mass is 457 g/mol. The van der Waals surface area contributed by atoms with Crippen molar-refractivity contribution in [3.05, 3.63) is 24.3 Å². The van der Waals surface area contributed by atoms with Gasteiger partial charge in [-0.3, -0.25) is 4.79 Å². The Bertz CT molecular complexity index is 594. The Morgan fingerprint density at radius 1 is 1.52 bits per heavy atom. The van der Waals surface area contributed by atoms with E-state index in [1.807, 2.05) is 20.1 Å². The molecule has 1 heterocycles. The fraction of sp³-hybridized carbons (Fsp3) is 0.722. The van der Waals surface area contributed by atoms with Gasteiger partial charge in [-0.1, -0.05) is 47.0 Å². The Labute approximate surface area is 180 Å². The molecular weight excluding hydrogens is 433 g/mol. The first-order valence-electron chi connectivity index (χ1n) is 8.62. The summed E-state index contributed by atoms with van der Waals surface area (Å²) in [5.74, 6) is -0.890. The number of thioether (sulfide) groups is 1. The Balaban J connectivity index is 2.27. The molecule has 0 aromatic heterocycles. The molecule has 1 aliphatic heterocycles. The quantitative estimate of drug-likeness (QED) is 0.268. The molecule has 5 nitrogen and oxygen atoms in total. The third-order valence-electron chi connectivity index (χ3n) is 4.81. The van der Waals surface area contributed by atoms with Crippen molar-refractivity contribution >= 4 is 52.5 Å². The second-order valence-electron chi connectivity index (χ2n) is 7.20. The molecule has 1 aliphatic carbocycles. The second kappa shape index (κ2) is 9.24. The lowest BCUT2D eigenvalue weighted by Crippen LogP contribution is -2.59. The molecule has 0 spiro atoms. The summed E-state index contributed by atoms with van der Waals surface area (Å²) >= 11 is 19.0. The maximum absolute atomic E-state index is 12.4. The van der Waals surface area contributed by atoms with E-state index in [4.69, 9.17) is 49.0 Å². The molecule has 0 radical (unpaired) electrons. The Morgan fingerprint density at radius 3 is 2.74 bits per heavy atom. The third kappa shape index (κ3) is 6.01. The van der Waals surface area contributed by atoms with Gasteiger partial charge in [-0.25, -0.2) is 0 Å². The highest BCUT2D eigenvalue weighted by molar-refractivity contribution is 7.98. The van der Waals surface area contributed by atoms with Gasteiger partial charge in [-0.05, 0) is 38.5 Å². The molecule has 0 saturated carbocycles. The molecule has 1 amide bonds. The summed E-state index contributed by atoms with van der Waals surface area (Å²) in [7, 11) is 0. The van der Waals surface area contributed by atoms with E-state index < -0.39 is 21.0 Å². The smallest absolute Gasteiger partial charge is 0.272 e. The van der Waals surface area contributed by atoms with E-state index >= 15 is 0 Å². The van der Waals surface area contributed by atoms with Crippen LogP contribution in [0, 0.1) is 5.92 Å². The van der Waals surface area contributed by atoms with Crippen LogP contribution in [-0.2, 0) is 19.0 Å². The summed E-state index contributed by atoms with van der Waals surface area (Å²) < 4.78 is 15.4. The van der Waals surface area contributed by atoms with Crippen LogP contribution in [0.4, 0.5) is 0 Å². The topological polar surface area (TPSA) is 56.8 Å². The molecule has 1 N–H and O–H groups in total. The van der Waals surface area contributed by atoms with Gasteiger partial charge in [0.2, 0.25) is 0 Å². The first-order chi connectivity index (χ1) is 12.5. The van der Waals surface area contributed by atoms with Crippen LogP contribution in [0.1, 0.15) is 26.7 Å². The number of hydrogen-bond donors (Lipinski definition) is 1. The number of rotatable bonds is 7. The highest BCUT2D eigenvalue weighted by Crippen LogP contribution is 2.42. The summed E-state index contributed by atoms with van der Waals surface area (Å²) in [5, 5.41) is 2.89. The van der Waals surface area contributed by atoms with Gasteiger partial charge >= 0.3 is 0 Å². The lowest BCUT2D eigenvalue weighted by atomic mass is 9.70. The fourth-order valence-corrected chi connectivity index (χ4v) is 3.87. The van der Waals surface area contributed by atoms with E-state index in [-0.39, 0.29) is 12.0 Å². The number of ether oxygens (including phenoxy) is 3. The van der Waals surface area contributed by atoms with Gasteiger partial charge in [-0.2, -0.15) is 0 Å². The van der Waals surface area contributed by atoms with Crippen molar-refractivity contribution in [2.45, 2.75) is 47.9 Å². The molecule has 1 fully saturated rings. The van der Waals surface area contributed by atoms with Crippen molar-refractivity contribution < 1.29 is 19.0 Å². The van der Waals surface area contributed by atoms with E-state index in [1.54, 1.807) is 17.8 Å². The standard InChI is InChI=1S/C18H26Cl3NO4S/c1-5-17(22-15(23)18(19,20)21)7-6-12(9-24-11-27-4)8-13(17)14-10-25-16(2,3)26-14/h5-6,13-14H,1,7-11H2,2-4H3,(H,22,23)/t13-,14+,17+/m1/s1. The van der Waals surface area contributed by atoms with Crippen LogP contribution in [0.5, 0.6) is 0 Å². The molecule has 9 heteroatoms. The Hall–Kier alpha value is 0.0500. The molecule has 0 unspecified atom stereocenters. The van der Waals surface area contributed by atoms with Crippen LogP contribution in [0.25, 0.3) is 0 Å². The van der Waals surface area contributed by atoms with E-state index in [0.717, 1.165) is 5.57 Å². The number of nitrogens with one attached hydrogen (secondary N) is 1. The first kappa shape index (κ1) is 23.3. The zero-order chi connectivity index (χ0) is 20.3. The van der Waals surface area contributed by atoms with Crippen molar-refractivity contribution in [1.29, 1.82) is 0 Å². The van der Waals surface area contributed by atoms with Crippen molar-refractivity contribution in [3.63, 3.8) is 0 Å². The predicted octanol–water partition coefficient (Wildman–Crippen LogP) is 4.22. The molecular formula is C18H26Cl3NO4S. The van der Waals surface area contributed by atoms with Gasteiger partial charge in [0.25, 0.3) is 9.70 Å². The van der Waals surface area contributed by atoms with E-state index in [0.29, 0.717) is 32.0 Å². The zero-order valence-electron chi connectivity index (χ0n) is 15.7. The zero-order valence-corrected chi connectivity index (χ0v) is 18.8. The molecule has 0 aromatic rings. The van der Waals surface area contributed by atoms with Crippen LogP contribution in [-0.4, -0.2) is 52.5 Å². The minimum Gasteiger partial charge on any atom is -0.367 e. The summed E-state index contributed by atoms with van der Waals surface area (Å²) in [5.41, 5.74) is 0.335. The second-order valence-corrected chi connectivity index (χ2v) is 10.3. The lowest BCUT2D eigenvalue weighted by Gasteiger charge is -2.44. The number of amides is 1. The van der Waals surface area contributed by atoms with E-state index in [9.17, 15) is 4.79 Å². The average Bonchev–Trinajstić information content (AvgIpc) is 2.95. The summed E-state index contributed by atoms with van der Waals surface area (Å²) in [4.78, 5) is 12.4. The third-order valence-corrected chi connectivity index (χ3v) is 5.73. The highest BCUT2D eigenvalue weighted by Gasteiger charge is 2.50. The molecule has 154 valence electrons.